The summed E-state index contributed by atoms with van der Waals surface area (Å²) in [6, 6.07) is 10.3. The third kappa shape index (κ3) is 3.38. The van der Waals surface area contributed by atoms with Crippen molar-refractivity contribution in [3.63, 3.8) is 0 Å². The van der Waals surface area contributed by atoms with Gasteiger partial charge in [0.2, 0.25) is 6.79 Å². The minimum absolute atomic E-state index is 0.118. The van der Waals surface area contributed by atoms with Gasteiger partial charge in [0.25, 0.3) is 5.91 Å². The lowest BCUT2D eigenvalue weighted by molar-refractivity contribution is -0.141. The van der Waals surface area contributed by atoms with Crippen LogP contribution in [0.5, 0.6) is 11.5 Å². The van der Waals surface area contributed by atoms with Gasteiger partial charge in [-0.1, -0.05) is 23.5 Å². The first-order chi connectivity index (χ1) is 15.0. The number of benzene rings is 2. The van der Waals surface area contributed by atoms with E-state index in [1.54, 1.807) is 41.0 Å². The van der Waals surface area contributed by atoms with Crippen molar-refractivity contribution < 1.29 is 28.2 Å². The number of amides is 1. The number of hydrogen-bond donors (Lipinski definition) is 0. The zero-order valence-electron chi connectivity index (χ0n) is 16.2. The van der Waals surface area contributed by atoms with Crippen LogP contribution in [0.15, 0.2) is 50.6 Å². The number of esters is 1. The second kappa shape index (κ2) is 7.43. The first-order valence-electron chi connectivity index (χ1n) is 9.19. The van der Waals surface area contributed by atoms with Gasteiger partial charge in [-0.05, 0) is 12.1 Å². The van der Waals surface area contributed by atoms with Crippen LogP contribution in [-0.4, -0.2) is 34.9 Å². The molecular formula is C20H15N3O7S. The highest BCUT2D eigenvalue weighted by molar-refractivity contribution is 7.16. The SMILES string of the molecule is COC(=O)Cn1c(=NC(=O)Cn2c(=O)oc3ccccc32)sc2cc3c(cc21)OCO3. The zero-order chi connectivity index (χ0) is 21.5. The Morgan fingerprint density at radius 1 is 1.10 bits per heavy atom. The van der Waals surface area contributed by atoms with E-state index in [2.05, 4.69) is 4.99 Å². The molecular weight excluding hydrogens is 426 g/mol. The topological polar surface area (TPSA) is 114 Å². The van der Waals surface area contributed by atoms with E-state index in [4.69, 9.17) is 18.6 Å². The number of carbonyl (C=O) groups excluding carboxylic acids is 2. The molecule has 0 fully saturated rings. The van der Waals surface area contributed by atoms with Gasteiger partial charge in [-0.2, -0.15) is 4.99 Å². The number of thiazole rings is 1. The molecule has 2 aromatic carbocycles. The molecule has 0 unspecified atom stereocenters. The molecule has 0 aliphatic carbocycles. The second-order valence-electron chi connectivity index (χ2n) is 6.65. The van der Waals surface area contributed by atoms with Crippen molar-refractivity contribution in [2.45, 2.75) is 13.1 Å². The molecule has 1 aliphatic heterocycles. The summed E-state index contributed by atoms with van der Waals surface area (Å²) < 4.78 is 24.3. The first kappa shape index (κ1) is 19.1. The average molecular weight is 441 g/mol. The van der Waals surface area contributed by atoms with E-state index in [0.29, 0.717) is 28.1 Å². The molecule has 10 nitrogen and oxygen atoms in total. The van der Waals surface area contributed by atoms with Crippen LogP contribution in [0.1, 0.15) is 0 Å². The van der Waals surface area contributed by atoms with Gasteiger partial charge in [-0.15, -0.1) is 0 Å². The molecule has 0 saturated heterocycles. The van der Waals surface area contributed by atoms with Crippen molar-refractivity contribution in [2.75, 3.05) is 13.9 Å². The van der Waals surface area contributed by atoms with Crippen LogP contribution in [0, 0.1) is 0 Å². The quantitative estimate of drug-likeness (QED) is 0.442. The molecule has 0 spiro atoms. The molecule has 2 aromatic heterocycles. The highest BCUT2D eigenvalue weighted by atomic mass is 32.1. The summed E-state index contributed by atoms with van der Waals surface area (Å²) in [4.78, 5) is 41.3. The molecule has 0 atom stereocenters. The monoisotopic (exact) mass is 441 g/mol. The van der Waals surface area contributed by atoms with Gasteiger partial charge in [0.1, 0.15) is 13.1 Å². The summed E-state index contributed by atoms with van der Waals surface area (Å²) in [6.45, 7) is -0.325. The van der Waals surface area contributed by atoms with Gasteiger partial charge in [0.05, 0.1) is 22.8 Å². The van der Waals surface area contributed by atoms with Crippen LogP contribution in [0.3, 0.4) is 0 Å². The summed E-state index contributed by atoms with van der Waals surface area (Å²) in [5.74, 6) is -0.595. The number of aromatic nitrogens is 2. The van der Waals surface area contributed by atoms with Crippen LogP contribution in [0.25, 0.3) is 21.3 Å². The van der Waals surface area contributed by atoms with Crippen LogP contribution in [0.2, 0.25) is 0 Å². The van der Waals surface area contributed by atoms with Gasteiger partial charge in [0, 0.05) is 12.1 Å². The predicted molar refractivity (Wildman–Crippen MR) is 109 cm³/mol. The highest BCUT2D eigenvalue weighted by Gasteiger charge is 2.19. The molecule has 0 N–H and O–H groups in total. The van der Waals surface area contributed by atoms with Crippen molar-refractivity contribution >= 4 is 44.5 Å². The molecule has 0 radical (unpaired) electrons. The molecule has 4 aromatic rings. The van der Waals surface area contributed by atoms with E-state index in [9.17, 15) is 14.4 Å². The molecule has 1 aliphatic rings. The first-order valence-corrected chi connectivity index (χ1v) is 10.0. The molecule has 3 heterocycles. The Balaban J connectivity index is 1.58. The van der Waals surface area contributed by atoms with E-state index < -0.39 is 17.6 Å². The van der Waals surface area contributed by atoms with Crippen LogP contribution >= 0.6 is 11.3 Å². The number of methoxy groups -OCH3 is 1. The number of carbonyl (C=O) groups is 2. The molecule has 11 heteroatoms. The maximum atomic E-state index is 12.7. The molecule has 158 valence electrons. The Morgan fingerprint density at radius 3 is 2.68 bits per heavy atom. The van der Waals surface area contributed by atoms with Gasteiger partial charge >= 0.3 is 11.7 Å². The largest absolute Gasteiger partial charge is 0.468 e. The van der Waals surface area contributed by atoms with Crippen LogP contribution in [-0.2, 0) is 27.4 Å². The Labute approximate surface area is 177 Å². The summed E-state index contributed by atoms with van der Waals surface area (Å²) in [5.41, 5.74) is 1.54. The van der Waals surface area contributed by atoms with Crippen molar-refractivity contribution in [3.05, 3.63) is 51.8 Å². The summed E-state index contributed by atoms with van der Waals surface area (Å²) in [6.07, 6.45) is 0. The Bertz CT molecular complexity index is 1470. The van der Waals surface area contributed by atoms with E-state index in [0.717, 1.165) is 4.70 Å². The fourth-order valence-electron chi connectivity index (χ4n) is 3.33. The van der Waals surface area contributed by atoms with Gasteiger partial charge in [-0.25, -0.2) is 4.79 Å². The fourth-order valence-corrected chi connectivity index (χ4v) is 4.39. The van der Waals surface area contributed by atoms with Crippen LogP contribution in [0.4, 0.5) is 0 Å². The standard InChI is InChI=1S/C20H15N3O7S/c1-27-18(25)9-22-12-6-14-15(29-10-28-14)7-16(12)31-19(22)21-17(24)8-23-11-4-2-3-5-13(11)30-20(23)26/h2-7H,8-10H2,1H3. The van der Waals surface area contributed by atoms with E-state index in [1.165, 1.54) is 23.0 Å². The summed E-state index contributed by atoms with van der Waals surface area (Å²) >= 11 is 1.21. The molecule has 5 rings (SSSR count). The number of hydrogen-bond acceptors (Lipinski definition) is 8. The van der Waals surface area contributed by atoms with Crippen molar-refractivity contribution in [3.8, 4) is 11.5 Å². The average Bonchev–Trinajstić information content (AvgIpc) is 3.43. The Kier molecular flexibility index (Phi) is 4.59. The molecule has 0 bridgehead atoms. The maximum absolute atomic E-state index is 12.7. The third-order valence-electron chi connectivity index (χ3n) is 4.78. The number of ether oxygens (including phenoxy) is 3. The lowest BCUT2D eigenvalue weighted by Gasteiger charge is -2.04. The normalized spacial score (nSPS) is 13.3. The van der Waals surface area contributed by atoms with Gasteiger partial charge in [0.15, 0.2) is 21.9 Å². The lowest BCUT2D eigenvalue weighted by Crippen LogP contribution is -2.24. The van der Waals surface area contributed by atoms with E-state index >= 15 is 0 Å². The van der Waals surface area contributed by atoms with Crippen LogP contribution < -0.4 is 20.0 Å². The van der Waals surface area contributed by atoms with E-state index in [1.807, 2.05) is 0 Å². The zero-order valence-corrected chi connectivity index (χ0v) is 17.0. The second-order valence-corrected chi connectivity index (χ2v) is 7.66. The number of fused-ring (bicyclic) bond motifs is 3. The van der Waals surface area contributed by atoms with Gasteiger partial charge in [-0.3, -0.25) is 14.2 Å². The fraction of sp³-hybridized carbons (Fsp3) is 0.200. The number of para-hydroxylation sites is 2. The smallest absolute Gasteiger partial charge is 0.420 e. The van der Waals surface area contributed by atoms with Gasteiger partial charge < -0.3 is 23.2 Å². The Hall–Kier alpha value is -3.86. The molecule has 31 heavy (non-hydrogen) atoms. The number of rotatable bonds is 4. The molecule has 0 saturated carbocycles. The highest BCUT2D eigenvalue weighted by Crippen LogP contribution is 2.37. The third-order valence-corrected chi connectivity index (χ3v) is 5.82. The minimum Gasteiger partial charge on any atom is -0.468 e. The number of oxazole rings is 1. The molecule has 1 amide bonds. The van der Waals surface area contributed by atoms with Crippen molar-refractivity contribution in [2.24, 2.45) is 4.99 Å². The van der Waals surface area contributed by atoms with Crippen molar-refractivity contribution in [1.82, 2.24) is 9.13 Å². The summed E-state index contributed by atoms with van der Waals surface area (Å²) in [7, 11) is 1.28. The van der Waals surface area contributed by atoms with E-state index in [-0.39, 0.29) is 24.7 Å². The lowest BCUT2D eigenvalue weighted by atomic mass is 10.3. The Morgan fingerprint density at radius 2 is 1.87 bits per heavy atom. The summed E-state index contributed by atoms with van der Waals surface area (Å²) in [5, 5.41) is 0. The maximum Gasteiger partial charge on any atom is 0.420 e. The number of nitrogens with zero attached hydrogens (tertiary/aromatic N) is 3. The minimum atomic E-state index is -0.644. The van der Waals surface area contributed by atoms with Crippen molar-refractivity contribution in [1.29, 1.82) is 0 Å². The predicted octanol–water partition coefficient (Wildman–Crippen LogP) is 1.64.